The first-order chi connectivity index (χ1) is 12.5. The Morgan fingerprint density at radius 3 is 2.58 bits per heavy atom. The molecule has 0 fully saturated rings. The van der Waals surface area contributed by atoms with Gasteiger partial charge in [0.05, 0.1) is 14.2 Å². The molecule has 8 heteroatoms. The minimum Gasteiger partial charge on any atom is -0.493 e. The van der Waals surface area contributed by atoms with Gasteiger partial charge in [0.2, 0.25) is 0 Å². The molecule has 2 aromatic rings. The normalized spacial score (nSPS) is 10.3. The number of hydrazine groups is 1. The van der Waals surface area contributed by atoms with E-state index >= 15 is 0 Å². The molecule has 0 saturated carbocycles. The average molecular weight is 392 g/mol. The molecule has 2 aromatic carbocycles. The van der Waals surface area contributed by atoms with E-state index in [1.807, 2.05) is 6.07 Å². The maximum absolute atomic E-state index is 11.9. The van der Waals surface area contributed by atoms with Crippen LogP contribution in [0, 0.1) is 0 Å². The van der Waals surface area contributed by atoms with Gasteiger partial charge >= 0.3 is 0 Å². The summed E-state index contributed by atoms with van der Waals surface area (Å²) in [5.41, 5.74) is 6.50. The van der Waals surface area contributed by atoms with Crippen LogP contribution in [0.2, 0.25) is 5.02 Å². The van der Waals surface area contributed by atoms with Gasteiger partial charge in [0, 0.05) is 22.3 Å². The number of para-hydroxylation sites is 1. The Morgan fingerprint density at radius 2 is 1.88 bits per heavy atom. The van der Waals surface area contributed by atoms with Gasteiger partial charge in [-0.3, -0.25) is 15.6 Å². The van der Waals surface area contributed by atoms with E-state index in [1.165, 1.54) is 13.2 Å². The minimum atomic E-state index is -0.384. The monoisotopic (exact) mass is 391 g/mol. The second-order valence-electron chi connectivity index (χ2n) is 4.99. The van der Waals surface area contributed by atoms with Gasteiger partial charge in [-0.15, -0.1) is 0 Å². The van der Waals surface area contributed by atoms with Crippen LogP contribution in [0.15, 0.2) is 48.5 Å². The highest BCUT2D eigenvalue weighted by atomic mass is 35.5. The second kappa shape index (κ2) is 9.65. The third kappa shape index (κ3) is 5.65. The van der Waals surface area contributed by atoms with Crippen LogP contribution < -0.4 is 25.6 Å². The molecule has 3 N–H and O–H groups in total. The van der Waals surface area contributed by atoms with Gasteiger partial charge in [-0.05, 0) is 42.6 Å². The molecule has 0 unspecified atom stereocenters. The fraction of sp³-hybridized carbons (Fsp3) is 0.111. The molecule has 0 saturated heterocycles. The smallest absolute Gasteiger partial charge is 0.262 e. The Morgan fingerprint density at radius 1 is 1.12 bits per heavy atom. The van der Waals surface area contributed by atoms with Crippen molar-refractivity contribution in [1.29, 1.82) is 0 Å². The number of thiocarbonyl (C=S) groups is 1. The van der Waals surface area contributed by atoms with E-state index in [0.717, 1.165) is 0 Å². The maximum atomic E-state index is 11.9. The highest BCUT2D eigenvalue weighted by Crippen LogP contribution is 2.31. The maximum Gasteiger partial charge on any atom is 0.262 e. The SMILES string of the molecule is COc1cccc(/C=C/C(=O)NNC(=S)Nc2cccc(Cl)c2)c1OC. The van der Waals surface area contributed by atoms with Crippen LogP contribution in [0.3, 0.4) is 0 Å². The molecule has 1 amide bonds. The van der Waals surface area contributed by atoms with Gasteiger partial charge < -0.3 is 14.8 Å². The molecule has 0 aliphatic rings. The van der Waals surface area contributed by atoms with Gasteiger partial charge in [0.15, 0.2) is 16.6 Å². The van der Waals surface area contributed by atoms with E-state index in [2.05, 4.69) is 16.2 Å². The molecular weight excluding hydrogens is 374 g/mol. The number of carbonyl (C=O) groups excluding carboxylic acids is 1. The predicted octanol–water partition coefficient (Wildman–Crippen LogP) is 3.39. The fourth-order valence-electron chi connectivity index (χ4n) is 2.10. The Hall–Kier alpha value is -2.77. The quantitative estimate of drug-likeness (QED) is 0.412. The average Bonchev–Trinajstić information content (AvgIpc) is 2.64. The predicted molar refractivity (Wildman–Crippen MR) is 108 cm³/mol. The first-order valence-corrected chi connectivity index (χ1v) is 8.33. The standard InChI is InChI=1S/C18H18ClN3O3S/c1-24-15-8-3-5-12(17(15)25-2)9-10-16(23)21-22-18(26)20-14-7-4-6-13(19)11-14/h3-11H,1-2H3,(H,21,23)(H2,20,22,26)/b10-9+. The lowest BCUT2D eigenvalue weighted by molar-refractivity contribution is -0.116. The van der Waals surface area contributed by atoms with Crippen molar-refractivity contribution in [2.45, 2.75) is 0 Å². The van der Waals surface area contributed by atoms with Crippen LogP contribution in [0.5, 0.6) is 11.5 Å². The number of hydrogen-bond acceptors (Lipinski definition) is 4. The number of hydrogen-bond donors (Lipinski definition) is 3. The minimum absolute atomic E-state index is 0.230. The molecule has 0 aromatic heterocycles. The summed E-state index contributed by atoms with van der Waals surface area (Å²) >= 11 is 11.0. The van der Waals surface area contributed by atoms with Crippen molar-refractivity contribution in [3.63, 3.8) is 0 Å². The molecule has 0 bridgehead atoms. The lowest BCUT2D eigenvalue weighted by Crippen LogP contribution is -2.43. The zero-order valence-corrected chi connectivity index (χ0v) is 15.8. The van der Waals surface area contributed by atoms with Crippen molar-refractivity contribution in [3.05, 3.63) is 59.1 Å². The van der Waals surface area contributed by atoms with Gasteiger partial charge in [0.25, 0.3) is 5.91 Å². The molecule has 136 valence electrons. The number of rotatable bonds is 5. The van der Waals surface area contributed by atoms with Crippen LogP contribution in [-0.2, 0) is 4.79 Å². The number of carbonyl (C=O) groups is 1. The highest BCUT2D eigenvalue weighted by Gasteiger charge is 2.07. The molecular formula is C18H18ClN3O3S. The molecule has 0 heterocycles. The van der Waals surface area contributed by atoms with Gasteiger partial charge in [-0.2, -0.15) is 0 Å². The lowest BCUT2D eigenvalue weighted by Gasteiger charge is -2.11. The Balaban J connectivity index is 1.90. The fourth-order valence-corrected chi connectivity index (χ4v) is 2.46. The van der Waals surface area contributed by atoms with Gasteiger partial charge in [0.1, 0.15) is 0 Å². The number of nitrogens with one attached hydrogen (secondary N) is 3. The third-order valence-corrected chi connectivity index (χ3v) is 3.67. The zero-order chi connectivity index (χ0) is 18.9. The van der Waals surface area contributed by atoms with Crippen molar-refractivity contribution in [1.82, 2.24) is 10.9 Å². The van der Waals surface area contributed by atoms with Gasteiger partial charge in [-0.1, -0.05) is 29.8 Å². The summed E-state index contributed by atoms with van der Waals surface area (Å²) in [7, 11) is 3.09. The number of anilines is 1. The third-order valence-electron chi connectivity index (χ3n) is 3.23. The molecule has 0 aliphatic carbocycles. The van der Waals surface area contributed by atoms with Crippen molar-refractivity contribution in [2.24, 2.45) is 0 Å². The van der Waals surface area contributed by atoms with Crippen LogP contribution >= 0.6 is 23.8 Å². The van der Waals surface area contributed by atoms with Crippen LogP contribution in [0.25, 0.3) is 6.08 Å². The first kappa shape index (κ1) is 19.6. The summed E-state index contributed by atoms with van der Waals surface area (Å²) in [6, 6.07) is 12.4. The van der Waals surface area contributed by atoms with Crippen molar-refractivity contribution in [2.75, 3.05) is 19.5 Å². The number of ether oxygens (including phenoxy) is 2. The largest absolute Gasteiger partial charge is 0.493 e. The van der Waals surface area contributed by atoms with Gasteiger partial charge in [-0.25, -0.2) is 0 Å². The van der Waals surface area contributed by atoms with E-state index in [0.29, 0.717) is 27.8 Å². The lowest BCUT2D eigenvalue weighted by atomic mass is 10.1. The van der Waals surface area contributed by atoms with Crippen molar-refractivity contribution >= 4 is 46.6 Å². The van der Waals surface area contributed by atoms with Crippen LogP contribution in [0.1, 0.15) is 5.56 Å². The molecule has 0 spiro atoms. The second-order valence-corrected chi connectivity index (χ2v) is 5.84. The summed E-state index contributed by atoms with van der Waals surface area (Å²) in [4.78, 5) is 11.9. The summed E-state index contributed by atoms with van der Waals surface area (Å²) < 4.78 is 10.5. The number of amides is 1. The molecule has 26 heavy (non-hydrogen) atoms. The van der Waals surface area contributed by atoms with Crippen LogP contribution in [-0.4, -0.2) is 25.2 Å². The molecule has 6 nitrogen and oxygen atoms in total. The van der Waals surface area contributed by atoms with E-state index < -0.39 is 0 Å². The Bertz CT molecular complexity index is 827. The van der Waals surface area contributed by atoms with Crippen LogP contribution in [0.4, 0.5) is 5.69 Å². The molecule has 0 aliphatic heterocycles. The van der Waals surface area contributed by atoms with E-state index in [-0.39, 0.29) is 11.0 Å². The van der Waals surface area contributed by atoms with E-state index in [9.17, 15) is 4.79 Å². The topological polar surface area (TPSA) is 71.6 Å². The van der Waals surface area contributed by atoms with Crippen molar-refractivity contribution in [3.8, 4) is 11.5 Å². The number of methoxy groups -OCH3 is 2. The highest BCUT2D eigenvalue weighted by molar-refractivity contribution is 7.80. The zero-order valence-electron chi connectivity index (χ0n) is 14.2. The molecule has 2 rings (SSSR count). The Kier molecular flexibility index (Phi) is 7.25. The summed E-state index contributed by atoms with van der Waals surface area (Å²) in [6.45, 7) is 0. The van der Waals surface area contributed by atoms with E-state index in [4.69, 9.17) is 33.3 Å². The summed E-state index contributed by atoms with van der Waals surface area (Å²) in [5, 5.41) is 3.72. The Labute approximate surface area is 162 Å². The number of halogens is 1. The summed E-state index contributed by atoms with van der Waals surface area (Å²) in [5.74, 6) is 0.746. The molecule has 0 atom stereocenters. The van der Waals surface area contributed by atoms with E-state index in [1.54, 1.807) is 49.6 Å². The molecule has 0 radical (unpaired) electrons. The first-order valence-electron chi connectivity index (χ1n) is 7.55. The summed E-state index contributed by atoms with van der Waals surface area (Å²) in [6.07, 6.45) is 2.97. The van der Waals surface area contributed by atoms with Crippen molar-refractivity contribution < 1.29 is 14.3 Å². The number of benzene rings is 2.